The van der Waals surface area contributed by atoms with E-state index in [0.717, 1.165) is 32.6 Å². The summed E-state index contributed by atoms with van der Waals surface area (Å²) in [5, 5.41) is 3.55. The summed E-state index contributed by atoms with van der Waals surface area (Å²) < 4.78 is 6.93. The van der Waals surface area contributed by atoms with Gasteiger partial charge in [-0.15, -0.1) is 0 Å². The summed E-state index contributed by atoms with van der Waals surface area (Å²) in [6.07, 6.45) is 3.42. The van der Waals surface area contributed by atoms with Crippen molar-refractivity contribution in [3.63, 3.8) is 0 Å². The van der Waals surface area contributed by atoms with Crippen molar-refractivity contribution in [3.8, 4) is 0 Å². The maximum absolute atomic E-state index is 5.73. The second-order valence-corrected chi connectivity index (χ2v) is 6.39. The van der Waals surface area contributed by atoms with E-state index in [0.29, 0.717) is 12.0 Å². The third-order valence-electron chi connectivity index (χ3n) is 3.37. The lowest BCUT2D eigenvalue weighted by atomic mass is 9.95. The first-order chi connectivity index (χ1) is 9.65. The average molecular weight is 342 g/mol. The van der Waals surface area contributed by atoms with Crippen LogP contribution < -0.4 is 5.32 Å². The largest absolute Gasteiger partial charge is 0.381 e. The fourth-order valence-corrected chi connectivity index (χ4v) is 2.73. The highest BCUT2D eigenvalue weighted by molar-refractivity contribution is 9.10. The highest BCUT2D eigenvalue weighted by Gasteiger charge is 2.14. The lowest BCUT2D eigenvalue weighted by molar-refractivity contribution is 0.123. The van der Waals surface area contributed by atoms with E-state index < -0.39 is 0 Å². The van der Waals surface area contributed by atoms with E-state index in [2.05, 4.69) is 66.3 Å². The van der Waals surface area contributed by atoms with Gasteiger partial charge >= 0.3 is 0 Å². The molecule has 0 heterocycles. The van der Waals surface area contributed by atoms with Crippen LogP contribution in [0.25, 0.3) is 0 Å². The summed E-state index contributed by atoms with van der Waals surface area (Å²) >= 11 is 3.67. The Bertz CT molecular complexity index is 368. The molecule has 0 aromatic heterocycles. The van der Waals surface area contributed by atoms with Gasteiger partial charge in [-0.25, -0.2) is 0 Å². The first-order valence-electron chi connectivity index (χ1n) is 7.70. The summed E-state index contributed by atoms with van der Waals surface area (Å²) in [5.41, 5.74) is 1.37. The molecule has 3 heteroatoms. The van der Waals surface area contributed by atoms with Crippen LogP contribution in [0.1, 0.15) is 51.5 Å². The highest BCUT2D eigenvalue weighted by atomic mass is 79.9. The van der Waals surface area contributed by atoms with Gasteiger partial charge in [-0.05, 0) is 30.4 Å². The second kappa shape index (κ2) is 10.4. The van der Waals surface area contributed by atoms with E-state index in [1.807, 2.05) is 0 Å². The number of hydrogen-bond acceptors (Lipinski definition) is 2. The van der Waals surface area contributed by atoms with Gasteiger partial charge in [0.1, 0.15) is 0 Å². The van der Waals surface area contributed by atoms with Crippen LogP contribution in [0.15, 0.2) is 28.7 Å². The topological polar surface area (TPSA) is 21.3 Å². The Morgan fingerprint density at radius 2 is 1.95 bits per heavy atom. The van der Waals surface area contributed by atoms with Gasteiger partial charge in [0.15, 0.2) is 0 Å². The van der Waals surface area contributed by atoms with Crippen LogP contribution in [-0.4, -0.2) is 25.8 Å². The van der Waals surface area contributed by atoms with E-state index >= 15 is 0 Å². The molecule has 0 bridgehead atoms. The number of hydrogen-bond donors (Lipinski definition) is 1. The molecule has 0 fully saturated rings. The first kappa shape index (κ1) is 17.7. The Hall–Kier alpha value is -0.380. The molecule has 1 N–H and O–H groups in total. The van der Waals surface area contributed by atoms with Crippen LogP contribution in [0.2, 0.25) is 0 Å². The maximum atomic E-state index is 5.73. The quantitative estimate of drug-likeness (QED) is 0.620. The molecule has 20 heavy (non-hydrogen) atoms. The normalized spacial score (nSPS) is 12.8. The van der Waals surface area contributed by atoms with Gasteiger partial charge in [0.25, 0.3) is 0 Å². The van der Waals surface area contributed by atoms with Crippen LogP contribution in [-0.2, 0) is 4.74 Å². The third kappa shape index (κ3) is 6.87. The zero-order chi connectivity index (χ0) is 14.8. The van der Waals surface area contributed by atoms with Crippen molar-refractivity contribution in [1.29, 1.82) is 0 Å². The van der Waals surface area contributed by atoms with E-state index in [-0.39, 0.29) is 0 Å². The third-order valence-corrected chi connectivity index (χ3v) is 4.09. The smallest absolute Gasteiger partial charge is 0.0472 e. The van der Waals surface area contributed by atoms with Crippen molar-refractivity contribution in [3.05, 3.63) is 34.3 Å². The molecule has 1 atom stereocenters. The first-order valence-corrected chi connectivity index (χ1v) is 8.50. The molecular weight excluding hydrogens is 314 g/mol. The Balaban J connectivity index is 2.54. The molecule has 1 aromatic rings. The molecule has 114 valence electrons. The van der Waals surface area contributed by atoms with Gasteiger partial charge in [0.2, 0.25) is 0 Å². The molecule has 0 radical (unpaired) electrons. The zero-order valence-electron chi connectivity index (χ0n) is 13.0. The van der Waals surface area contributed by atoms with Gasteiger partial charge in [0, 0.05) is 30.3 Å². The summed E-state index contributed by atoms with van der Waals surface area (Å²) in [5.74, 6) is 0.495. The molecule has 0 amide bonds. The second-order valence-electron chi connectivity index (χ2n) is 5.54. The van der Waals surface area contributed by atoms with Crippen molar-refractivity contribution < 1.29 is 4.74 Å². The number of benzene rings is 1. The molecular formula is C17H28BrNO. The van der Waals surface area contributed by atoms with E-state index in [1.54, 1.807) is 0 Å². The average Bonchev–Trinajstić information content (AvgIpc) is 2.43. The number of nitrogens with one attached hydrogen (secondary N) is 1. The molecule has 0 aliphatic carbocycles. The molecule has 1 aromatic carbocycles. The van der Waals surface area contributed by atoms with Gasteiger partial charge in [-0.2, -0.15) is 0 Å². The van der Waals surface area contributed by atoms with Crippen molar-refractivity contribution in [1.82, 2.24) is 5.32 Å². The van der Waals surface area contributed by atoms with Crippen molar-refractivity contribution in [2.45, 2.75) is 52.0 Å². The minimum Gasteiger partial charge on any atom is -0.381 e. The lowest BCUT2D eigenvalue weighted by Gasteiger charge is -2.21. The van der Waals surface area contributed by atoms with Crippen LogP contribution >= 0.6 is 15.9 Å². The van der Waals surface area contributed by atoms with Crippen molar-refractivity contribution in [2.24, 2.45) is 0 Å². The van der Waals surface area contributed by atoms with Crippen LogP contribution in [0, 0.1) is 0 Å². The molecule has 0 saturated heterocycles. The molecule has 0 aliphatic rings. The lowest BCUT2D eigenvalue weighted by Crippen LogP contribution is -2.28. The zero-order valence-corrected chi connectivity index (χ0v) is 14.6. The van der Waals surface area contributed by atoms with Crippen molar-refractivity contribution in [2.75, 3.05) is 19.8 Å². The SMILES string of the molecule is CCCCOCCC(CNC(C)C)c1ccccc1Br. The number of rotatable bonds is 10. The number of unbranched alkanes of at least 4 members (excludes halogenated alkanes) is 1. The Kier molecular flexibility index (Phi) is 9.16. The van der Waals surface area contributed by atoms with Crippen LogP contribution in [0.3, 0.4) is 0 Å². The Morgan fingerprint density at radius 1 is 1.20 bits per heavy atom. The molecule has 0 saturated carbocycles. The summed E-state index contributed by atoms with van der Waals surface area (Å²) in [6, 6.07) is 9.03. The standard InChI is InChI=1S/C17H28BrNO/c1-4-5-11-20-12-10-15(13-19-14(2)3)16-8-6-7-9-17(16)18/h6-9,14-15,19H,4-5,10-13H2,1-3H3. The Morgan fingerprint density at radius 3 is 2.60 bits per heavy atom. The van der Waals surface area contributed by atoms with E-state index in [9.17, 15) is 0 Å². The van der Waals surface area contributed by atoms with Crippen LogP contribution in [0.5, 0.6) is 0 Å². The van der Waals surface area contributed by atoms with E-state index in [4.69, 9.17) is 4.74 Å². The monoisotopic (exact) mass is 341 g/mol. The number of halogens is 1. The summed E-state index contributed by atoms with van der Waals surface area (Å²) in [4.78, 5) is 0. The van der Waals surface area contributed by atoms with Gasteiger partial charge in [0.05, 0.1) is 0 Å². The summed E-state index contributed by atoms with van der Waals surface area (Å²) in [7, 11) is 0. The molecule has 1 unspecified atom stereocenters. The van der Waals surface area contributed by atoms with Crippen molar-refractivity contribution >= 4 is 15.9 Å². The van der Waals surface area contributed by atoms with Gasteiger partial charge < -0.3 is 10.1 Å². The number of ether oxygens (including phenoxy) is 1. The van der Waals surface area contributed by atoms with Gasteiger partial charge in [-0.1, -0.05) is 61.3 Å². The molecule has 0 spiro atoms. The summed E-state index contributed by atoms with van der Waals surface area (Å²) in [6.45, 7) is 9.30. The maximum Gasteiger partial charge on any atom is 0.0472 e. The molecule has 1 rings (SSSR count). The molecule has 2 nitrogen and oxygen atoms in total. The van der Waals surface area contributed by atoms with Gasteiger partial charge in [-0.3, -0.25) is 0 Å². The minimum absolute atomic E-state index is 0.495. The fraction of sp³-hybridized carbons (Fsp3) is 0.647. The molecule has 0 aliphatic heterocycles. The van der Waals surface area contributed by atoms with Crippen LogP contribution in [0.4, 0.5) is 0 Å². The minimum atomic E-state index is 0.495. The predicted octanol–water partition coefficient (Wildman–Crippen LogP) is 4.74. The van der Waals surface area contributed by atoms with E-state index in [1.165, 1.54) is 16.5 Å². The predicted molar refractivity (Wildman–Crippen MR) is 90.4 cm³/mol. The highest BCUT2D eigenvalue weighted by Crippen LogP contribution is 2.27. The fourth-order valence-electron chi connectivity index (χ4n) is 2.13. The Labute approximate surface area is 132 Å².